The van der Waals surface area contributed by atoms with Gasteiger partial charge in [-0.05, 0) is 0 Å². The monoisotopic (exact) mass is 150 g/mol. The number of carbonyl (C=O) groups is 1. The molecule has 0 spiro atoms. The third-order valence-electron chi connectivity index (χ3n) is 1.18. The SMILES string of the molecule is C=CC(=O)OC(C)C[CH2][Na]. The van der Waals surface area contributed by atoms with Crippen LogP contribution in [0.15, 0.2) is 12.7 Å². The summed E-state index contributed by atoms with van der Waals surface area (Å²) in [5.41, 5.74) is 0. The van der Waals surface area contributed by atoms with Gasteiger partial charge in [0.15, 0.2) is 0 Å². The second-order valence-corrected chi connectivity index (χ2v) is 3.24. The summed E-state index contributed by atoms with van der Waals surface area (Å²) in [6.45, 7) is 5.21. The quantitative estimate of drug-likeness (QED) is 0.340. The summed E-state index contributed by atoms with van der Waals surface area (Å²) in [5, 5.41) is 0. The van der Waals surface area contributed by atoms with Gasteiger partial charge in [0.05, 0.1) is 0 Å². The molecule has 0 aromatic heterocycles. The molecule has 0 bridgehead atoms. The Bertz CT molecular complexity index is 123. The van der Waals surface area contributed by atoms with E-state index in [2.05, 4.69) is 6.58 Å². The molecule has 0 aliphatic carbocycles. The van der Waals surface area contributed by atoms with Crippen molar-refractivity contribution in [2.24, 2.45) is 0 Å². The van der Waals surface area contributed by atoms with Crippen molar-refractivity contribution in [3.8, 4) is 0 Å². The molecule has 52 valence electrons. The Morgan fingerprint density at radius 3 is 2.90 bits per heavy atom. The van der Waals surface area contributed by atoms with Crippen LogP contribution in [0, 0.1) is 0 Å². The summed E-state index contributed by atoms with van der Waals surface area (Å²) in [6.07, 6.45) is 2.23. The number of hydrogen-bond donors (Lipinski definition) is 0. The maximum absolute atomic E-state index is 10.6. The zero-order valence-electron chi connectivity index (χ0n) is 6.59. The number of carbonyl (C=O) groups excluding carboxylic acids is 1. The topological polar surface area (TPSA) is 26.3 Å². The van der Waals surface area contributed by atoms with Crippen LogP contribution in [0.3, 0.4) is 0 Å². The van der Waals surface area contributed by atoms with E-state index in [9.17, 15) is 4.79 Å². The van der Waals surface area contributed by atoms with Crippen molar-refractivity contribution >= 4 is 33.9 Å². The van der Waals surface area contributed by atoms with Gasteiger partial charge in [-0.25, -0.2) is 0 Å². The summed E-state index contributed by atoms with van der Waals surface area (Å²) < 4.78 is 6.08. The average molecular weight is 150 g/mol. The van der Waals surface area contributed by atoms with Crippen LogP contribution >= 0.6 is 0 Å². The first-order valence-corrected chi connectivity index (χ1v) is 4.95. The number of esters is 1. The molecule has 0 aliphatic heterocycles. The van der Waals surface area contributed by atoms with Crippen LogP contribution < -0.4 is 0 Å². The van der Waals surface area contributed by atoms with Gasteiger partial charge in [0.25, 0.3) is 0 Å². The Kier molecular flexibility index (Phi) is 6.08. The second kappa shape index (κ2) is 5.96. The van der Waals surface area contributed by atoms with Crippen molar-refractivity contribution in [2.75, 3.05) is 0 Å². The van der Waals surface area contributed by atoms with Crippen LogP contribution in [0.25, 0.3) is 0 Å². The normalized spacial score (nSPS) is 12.3. The van der Waals surface area contributed by atoms with E-state index in [1.54, 1.807) is 0 Å². The van der Waals surface area contributed by atoms with Crippen LogP contribution in [-0.2, 0) is 9.53 Å². The molecule has 0 heterocycles. The van der Waals surface area contributed by atoms with Gasteiger partial charge in [-0.2, -0.15) is 0 Å². The zero-order chi connectivity index (χ0) is 7.98. The van der Waals surface area contributed by atoms with E-state index < -0.39 is 0 Å². The molecule has 0 rings (SSSR count). The molecule has 2 nitrogen and oxygen atoms in total. The van der Waals surface area contributed by atoms with E-state index in [-0.39, 0.29) is 12.1 Å². The fourth-order valence-corrected chi connectivity index (χ4v) is 1.52. The van der Waals surface area contributed by atoms with E-state index in [1.165, 1.54) is 37.7 Å². The fraction of sp³-hybridized carbons (Fsp3) is 0.571. The molecule has 1 atom stereocenters. The van der Waals surface area contributed by atoms with Gasteiger partial charge < -0.3 is 0 Å². The molecule has 1 unspecified atom stereocenters. The minimum absolute atomic E-state index is 0.0583. The standard InChI is InChI=1S/C7H11O2.Na/c1-4-6(3)9-7(8)5-2;/h5-6H,1-2,4H2,3H3;. The number of rotatable bonds is 4. The van der Waals surface area contributed by atoms with E-state index in [0.29, 0.717) is 0 Å². The first-order valence-electron chi connectivity index (χ1n) is 3.53. The van der Waals surface area contributed by atoms with Crippen molar-refractivity contribution in [3.05, 3.63) is 12.7 Å². The molecular formula is C7H11NaO2. The Hall–Kier alpha value is 0.210. The molecule has 0 amide bonds. The van der Waals surface area contributed by atoms with Crippen LogP contribution in [0.5, 0.6) is 0 Å². The second-order valence-electron chi connectivity index (χ2n) is 2.24. The fourth-order valence-electron chi connectivity index (χ4n) is 0.712. The molecule has 0 saturated carbocycles. The predicted octanol–water partition coefficient (Wildman–Crippen LogP) is 1.08. The molecule has 0 aromatic carbocycles. The van der Waals surface area contributed by atoms with E-state index in [4.69, 9.17) is 4.74 Å². The van der Waals surface area contributed by atoms with Crippen molar-refractivity contribution in [1.82, 2.24) is 0 Å². The van der Waals surface area contributed by atoms with Crippen molar-refractivity contribution in [3.63, 3.8) is 0 Å². The van der Waals surface area contributed by atoms with E-state index >= 15 is 0 Å². The zero-order valence-corrected chi connectivity index (χ0v) is 8.59. The Morgan fingerprint density at radius 2 is 2.50 bits per heavy atom. The van der Waals surface area contributed by atoms with Gasteiger partial charge in [0, 0.05) is 0 Å². The molecule has 3 heteroatoms. The molecule has 0 saturated heterocycles. The van der Waals surface area contributed by atoms with Gasteiger partial charge in [0.1, 0.15) is 0 Å². The van der Waals surface area contributed by atoms with Crippen LogP contribution in [0.2, 0.25) is 3.67 Å². The van der Waals surface area contributed by atoms with Gasteiger partial charge >= 0.3 is 79.2 Å². The van der Waals surface area contributed by atoms with Crippen LogP contribution in [0.4, 0.5) is 0 Å². The van der Waals surface area contributed by atoms with Gasteiger partial charge in [-0.3, -0.25) is 0 Å². The molecule has 0 N–H and O–H groups in total. The third-order valence-corrected chi connectivity index (χ3v) is 1.76. The molecule has 0 radical (unpaired) electrons. The Balaban J connectivity index is 3.46. The maximum atomic E-state index is 10.6. The first kappa shape index (κ1) is 10.2. The van der Waals surface area contributed by atoms with Gasteiger partial charge in [-0.15, -0.1) is 0 Å². The average Bonchev–Trinajstić information content (AvgIpc) is 1.88. The third kappa shape index (κ3) is 5.03. The van der Waals surface area contributed by atoms with E-state index in [0.717, 1.165) is 6.42 Å². The molecule has 0 aromatic rings. The van der Waals surface area contributed by atoms with E-state index in [1.807, 2.05) is 6.92 Å². The van der Waals surface area contributed by atoms with Gasteiger partial charge in [0.2, 0.25) is 0 Å². The number of ether oxygens (including phenoxy) is 1. The van der Waals surface area contributed by atoms with Crippen molar-refractivity contribution in [2.45, 2.75) is 23.1 Å². The minimum atomic E-state index is -0.317. The molecule has 0 fully saturated rings. The molecule has 0 aliphatic rings. The van der Waals surface area contributed by atoms with Crippen LogP contribution in [-0.4, -0.2) is 40.0 Å². The number of hydrogen-bond acceptors (Lipinski definition) is 2. The summed E-state index contributed by atoms with van der Waals surface area (Å²) in [7, 11) is 0. The predicted molar refractivity (Wildman–Crippen MR) is 40.9 cm³/mol. The molecular weight excluding hydrogens is 139 g/mol. The Morgan fingerprint density at radius 1 is 1.90 bits per heavy atom. The summed E-state index contributed by atoms with van der Waals surface area (Å²) >= 11 is 1.17. The first-order chi connectivity index (χ1) is 4.70. The van der Waals surface area contributed by atoms with Crippen molar-refractivity contribution in [1.29, 1.82) is 0 Å². The van der Waals surface area contributed by atoms with Crippen LogP contribution in [0.1, 0.15) is 13.3 Å². The Labute approximate surface area is 79.0 Å². The summed E-state index contributed by atoms with van der Waals surface area (Å²) in [6, 6.07) is 0. The van der Waals surface area contributed by atoms with Gasteiger partial charge in [-0.1, -0.05) is 0 Å². The summed E-state index contributed by atoms with van der Waals surface area (Å²) in [5.74, 6) is -0.317. The molecule has 10 heavy (non-hydrogen) atoms. The summed E-state index contributed by atoms with van der Waals surface area (Å²) in [4.78, 5) is 10.6. The van der Waals surface area contributed by atoms with Crippen molar-refractivity contribution < 1.29 is 9.53 Å².